The van der Waals surface area contributed by atoms with Crippen LogP contribution in [0.5, 0.6) is 0 Å². The third kappa shape index (κ3) is 3.28. The summed E-state index contributed by atoms with van der Waals surface area (Å²) in [7, 11) is 1.33. The third-order valence-electron chi connectivity index (χ3n) is 2.22. The predicted molar refractivity (Wildman–Crippen MR) is 51.1 cm³/mol. The van der Waals surface area contributed by atoms with Gasteiger partial charge in [-0.1, -0.05) is 0 Å². The molecule has 0 aliphatic carbocycles. The molecule has 0 amide bonds. The summed E-state index contributed by atoms with van der Waals surface area (Å²) in [4.78, 5) is 21.6. The van der Waals surface area contributed by atoms with Crippen LogP contribution in [0.2, 0.25) is 0 Å². The molecule has 0 spiro atoms. The van der Waals surface area contributed by atoms with Crippen molar-refractivity contribution in [1.82, 2.24) is 0 Å². The molecule has 2 atom stereocenters. The molecular weight excluding hydrogens is 200 g/mol. The van der Waals surface area contributed by atoms with Crippen molar-refractivity contribution in [3.63, 3.8) is 0 Å². The number of hydrogen-bond donors (Lipinski definition) is 0. The first-order valence-electron chi connectivity index (χ1n) is 4.86. The molecule has 0 aromatic rings. The number of ether oxygens (including phenoxy) is 3. The second-order valence-corrected chi connectivity index (χ2v) is 3.89. The highest BCUT2D eigenvalue weighted by Crippen LogP contribution is 2.29. The maximum absolute atomic E-state index is 10.9. The quantitative estimate of drug-likeness (QED) is 0.510. The number of carbonyl (C=O) groups excluding carboxylic acids is 2. The van der Waals surface area contributed by atoms with Gasteiger partial charge in [0, 0.05) is 6.42 Å². The zero-order chi connectivity index (χ0) is 11.5. The summed E-state index contributed by atoms with van der Waals surface area (Å²) < 4.78 is 15.3. The van der Waals surface area contributed by atoms with Crippen molar-refractivity contribution in [1.29, 1.82) is 0 Å². The molecule has 1 rings (SSSR count). The van der Waals surface area contributed by atoms with Crippen LogP contribution in [-0.2, 0) is 23.8 Å². The minimum Gasteiger partial charge on any atom is -0.469 e. The Balaban J connectivity index is 2.47. The van der Waals surface area contributed by atoms with Gasteiger partial charge in [0.15, 0.2) is 12.1 Å². The normalized spacial score (nSPS) is 28.7. The SMILES string of the molecule is COC(=O)CC[C@H]1OC(C)(C)O[C@H]1C=O. The average Bonchev–Trinajstić information content (AvgIpc) is 2.49. The second kappa shape index (κ2) is 4.72. The van der Waals surface area contributed by atoms with E-state index in [0.29, 0.717) is 12.7 Å². The number of carbonyl (C=O) groups is 2. The van der Waals surface area contributed by atoms with Gasteiger partial charge in [-0.25, -0.2) is 0 Å². The summed E-state index contributed by atoms with van der Waals surface area (Å²) in [6, 6.07) is 0. The molecule has 0 bridgehead atoms. The van der Waals surface area contributed by atoms with Crippen molar-refractivity contribution < 1.29 is 23.8 Å². The van der Waals surface area contributed by atoms with E-state index < -0.39 is 11.9 Å². The zero-order valence-corrected chi connectivity index (χ0v) is 9.19. The highest BCUT2D eigenvalue weighted by Gasteiger charge is 2.40. The van der Waals surface area contributed by atoms with Crippen molar-refractivity contribution in [3.8, 4) is 0 Å². The summed E-state index contributed by atoms with van der Waals surface area (Å²) in [5.41, 5.74) is 0. The fourth-order valence-electron chi connectivity index (χ4n) is 1.56. The van der Waals surface area contributed by atoms with Crippen LogP contribution in [0, 0.1) is 0 Å². The molecule has 0 saturated carbocycles. The molecule has 0 aromatic heterocycles. The molecule has 5 nitrogen and oxygen atoms in total. The Hall–Kier alpha value is -0.940. The van der Waals surface area contributed by atoms with E-state index in [1.54, 1.807) is 13.8 Å². The Morgan fingerprint density at radius 2 is 2.13 bits per heavy atom. The first-order valence-corrected chi connectivity index (χ1v) is 4.86. The van der Waals surface area contributed by atoms with Crippen LogP contribution in [0.15, 0.2) is 0 Å². The predicted octanol–water partition coefficient (Wildman–Crippen LogP) is 0.659. The van der Waals surface area contributed by atoms with Gasteiger partial charge < -0.3 is 19.0 Å². The lowest BCUT2D eigenvalue weighted by Gasteiger charge is -2.16. The van der Waals surface area contributed by atoms with E-state index in [0.717, 1.165) is 0 Å². The maximum Gasteiger partial charge on any atom is 0.305 e. The lowest BCUT2D eigenvalue weighted by atomic mass is 10.1. The summed E-state index contributed by atoms with van der Waals surface area (Å²) in [5.74, 6) is -1.07. The van der Waals surface area contributed by atoms with Gasteiger partial charge in [-0.05, 0) is 20.3 Å². The number of rotatable bonds is 4. The van der Waals surface area contributed by atoms with Gasteiger partial charge in [-0.15, -0.1) is 0 Å². The van der Waals surface area contributed by atoms with Crippen LogP contribution in [-0.4, -0.2) is 37.4 Å². The van der Waals surface area contributed by atoms with Crippen LogP contribution in [0.1, 0.15) is 26.7 Å². The fourth-order valence-corrected chi connectivity index (χ4v) is 1.56. The minimum absolute atomic E-state index is 0.227. The Morgan fingerprint density at radius 1 is 1.47 bits per heavy atom. The van der Waals surface area contributed by atoms with Crippen LogP contribution in [0.3, 0.4) is 0 Å². The number of hydrogen-bond acceptors (Lipinski definition) is 5. The van der Waals surface area contributed by atoms with Crippen molar-refractivity contribution in [2.75, 3.05) is 7.11 Å². The summed E-state index contributed by atoms with van der Waals surface area (Å²) in [5, 5.41) is 0. The largest absolute Gasteiger partial charge is 0.469 e. The summed E-state index contributed by atoms with van der Waals surface area (Å²) >= 11 is 0. The van der Waals surface area contributed by atoms with E-state index >= 15 is 0 Å². The number of aldehydes is 1. The van der Waals surface area contributed by atoms with Crippen LogP contribution in [0.25, 0.3) is 0 Å². The van der Waals surface area contributed by atoms with Gasteiger partial charge in [0.05, 0.1) is 13.2 Å². The van der Waals surface area contributed by atoms with Crippen LogP contribution in [0.4, 0.5) is 0 Å². The highest BCUT2D eigenvalue weighted by atomic mass is 16.8. The van der Waals surface area contributed by atoms with E-state index in [4.69, 9.17) is 9.47 Å². The van der Waals surface area contributed by atoms with E-state index in [-0.39, 0.29) is 18.5 Å². The van der Waals surface area contributed by atoms with Crippen molar-refractivity contribution in [2.45, 2.75) is 44.7 Å². The van der Waals surface area contributed by atoms with Gasteiger partial charge in [0.25, 0.3) is 0 Å². The number of methoxy groups -OCH3 is 1. The van der Waals surface area contributed by atoms with E-state index in [9.17, 15) is 9.59 Å². The topological polar surface area (TPSA) is 61.8 Å². The Morgan fingerprint density at radius 3 is 2.67 bits per heavy atom. The molecule has 86 valence electrons. The number of esters is 1. The highest BCUT2D eigenvalue weighted by molar-refractivity contribution is 5.69. The molecule has 15 heavy (non-hydrogen) atoms. The smallest absolute Gasteiger partial charge is 0.305 e. The van der Waals surface area contributed by atoms with Crippen molar-refractivity contribution in [3.05, 3.63) is 0 Å². The molecule has 0 aromatic carbocycles. The first kappa shape index (κ1) is 12.1. The third-order valence-corrected chi connectivity index (χ3v) is 2.22. The Kier molecular flexibility index (Phi) is 3.82. The first-order chi connectivity index (χ1) is 6.98. The molecule has 1 aliphatic heterocycles. The fraction of sp³-hybridized carbons (Fsp3) is 0.800. The molecule has 1 fully saturated rings. The van der Waals surface area contributed by atoms with Crippen LogP contribution >= 0.6 is 0 Å². The minimum atomic E-state index is -0.758. The lowest BCUT2D eigenvalue weighted by molar-refractivity contribution is -0.152. The molecule has 0 radical (unpaired) electrons. The van der Waals surface area contributed by atoms with Crippen molar-refractivity contribution >= 4 is 12.3 Å². The summed E-state index contributed by atoms with van der Waals surface area (Å²) in [6.45, 7) is 3.48. The van der Waals surface area contributed by atoms with Gasteiger partial charge in [0.2, 0.25) is 0 Å². The van der Waals surface area contributed by atoms with E-state index in [1.165, 1.54) is 7.11 Å². The molecule has 0 N–H and O–H groups in total. The zero-order valence-electron chi connectivity index (χ0n) is 9.19. The lowest BCUT2D eigenvalue weighted by Crippen LogP contribution is -2.24. The van der Waals surface area contributed by atoms with Crippen LogP contribution < -0.4 is 0 Å². The van der Waals surface area contributed by atoms with Gasteiger partial charge >= 0.3 is 5.97 Å². The summed E-state index contributed by atoms with van der Waals surface area (Å²) in [6.07, 6.45) is 0.405. The molecule has 1 aliphatic rings. The molecule has 5 heteroatoms. The molecule has 0 unspecified atom stereocenters. The monoisotopic (exact) mass is 216 g/mol. The second-order valence-electron chi connectivity index (χ2n) is 3.89. The van der Waals surface area contributed by atoms with Gasteiger partial charge in [-0.2, -0.15) is 0 Å². The average molecular weight is 216 g/mol. The van der Waals surface area contributed by atoms with Gasteiger partial charge in [-0.3, -0.25) is 4.79 Å². The van der Waals surface area contributed by atoms with Crippen molar-refractivity contribution in [2.24, 2.45) is 0 Å². The standard InChI is InChI=1S/C10H16O5/c1-10(2)14-7(8(6-11)15-10)4-5-9(12)13-3/h6-8H,4-5H2,1-3H3/t7-,8+/m1/s1. The Labute approximate surface area is 88.7 Å². The Bertz CT molecular complexity index is 248. The van der Waals surface area contributed by atoms with Gasteiger partial charge in [0.1, 0.15) is 6.10 Å². The molecular formula is C10H16O5. The maximum atomic E-state index is 10.9. The van der Waals surface area contributed by atoms with E-state index in [2.05, 4.69) is 4.74 Å². The molecule has 1 heterocycles. The molecule has 1 saturated heterocycles. The van der Waals surface area contributed by atoms with E-state index in [1.807, 2.05) is 0 Å².